The molecule has 0 unspecified atom stereocenters. The first-order valence-corrected chi connectivity index (χ1v) is 9.91. The smallest absolute Gasteiger partial charge is 0.0722 e. The normalized spacial score (nSPS) is 11.5. The molecular weight excluding hydrogens is 350 g/mol. The molecule has 0 bridgehead atoms. The monoisotopic (exact) mass is 371 g/mol. The standard InChI is InChI=1S/C28H21N/c1-20-8-7-9-21(18-20)14-15-24-19-27(23-11-3-2-4-12-23)29-26-17-16-22-10-5-6-13-25(22)28(24)26/h2-19H,1H3. The third-order valence-corrected chi connectivity index (χ3v) is 5.30. The lowest BCUT2D eigenvalue weighted by molar-refractivity contribution is 1.40. The zero-order valence-electron chi connectivity index (χ0n) is 16.3. The van der Waals surface area contributed by atoms with Crippen LogP contribution in [0.4, 0.5) is 0 Å². The minimum Gasteiger partial charge on any atom is -0.248 e. The van der Waals surface area contributed by atoms with Gasteiger partial charge in [-0.2, -0.15) is 0 Å². The summed E-state index contributed by atoms with van der Waals surface area (Å²) in [6.07, 6.45) is 4.41. The van der Waals surface area contributed by atoms with E-state index in [0.29, 0.717) is 0 Å². The van der Waals surface area contributed by atoms with Crippen molar-refractivity contribution in [1.82, 2.24) is 4.98 Å². The van der Waals surface area contributed by atoms with E-state index in [0.717, 1.165) is 16.8 Å². The molecule has 0 aliphatic rings. The second-order valence-electron chi connectivity index (χ2n) is 7.39. The average Bonchev–Trinajstić information content (AvgIpc) is 2.77. The fourth-order valence-electron chi connectivity index (χ4n) is 3.89. The molecule has 5 rings (SSSR count). The molecule has 1 heteroatoms. The predicted molar refractivity (Wildman–Crippen MR) is 125 cm³/mol. The molecule has 0 amide bonds. The van der Waals surface area contributed by atoms with E-state index in [4.69, 9.17) is 4.98 Å². The van der Waals surface area contributed by atoms with Crippen molar-refractivity contribution in [2.24, 2.45) is 0 Å². The first-order valence-electron chi connectivity index (χ1n) is 9.91. The molecule has 0 saturated heterocycles. The second-order valence-corrected chi connectivity index (χ2v) is 7.39. The van der Waals surface area contributed by atoms with Crippen LogP contribution in [0.5, 0.6) is 0 Å². The maximum atomic E-state index is 4.99. The largest absolute Gasteiger partial charge is 0.248 e. The van der Waals surface area contributed by atoms with Gasteiger partial charge in [0, 0.05) is 10.9 Å². The Labute approximate surface area is 171 Å². The highest BCUT2D eigenvalue weighted by molar-refractivity contribution is 6.11. The predicted octanol–water partition coefficient (Wildman–Crippen LogP) is 7.53. The highest BCUT2D eigenvalue weighted by Crippen LogP contribution is 2.31. The van der Waals surface area contributed by atoms with Crippen molar-refractivity contribution in [3.05, 3.63) is 114 Å². The van der Waals surface area contributed by atoms with Crippen LogP contribution in [0.15, 0.2) is 97.1 Å². The number of benzene rings is 4. The van der Waals surface area contributed by atoms with Crippen LogP contribution in [0.1, 0.15) is 16.7 Å². The van der Waals surface area contributed by atoms with Gasteiger partial charge in [0.2, 0.25) is 0 Å². The summed E-state index contributed by atoms with van der Waals surface area (Å²) in [5.41, 5.74) is 6.81. The van der Waals surface area contributed by atoms with E-state index in [-0.39, 0.29) is 0 Å². The van der Waals surface area contributed by atoms with Crippen LogP contribution in [-0.4, -0.2) is 4.98 Å². The summed E-state index contributed by atoms with van der Waals surface area (Å²) in [7, 11) is 0. The van der Waals surface area contributed by atoms with Crippen LogP contribution in [0.2, 0.25) is 0 Å². The molecule has 1 aromatic heterocycles. The summed E-state index contributed by atoms with van der Waals surface area (Å²) in [5, 5.41) is 3.67. The summed E-state index contributed by atoms with van der Waals surface area (Å²) in [5.74, 6) is 0. The van der Waals surface area contributed by atoms with E-state index in [1.165, 1.54) is 32.8 Å². The van der Waals surface area contributed by atoms with Gasteiger partial charge < -0.3 is 0 Å². The van der Waals surface area contributed by atoms with Gasteiger partial charge in [-0.05, 0) is 41.0 Å². The zero-order valence-corrected chi connectivity index (χ0v) is 16.3. The molecule has 0 aliphatic carbocycles. The molecule has 0 radical (unpaired) electrons. The average molecular weight is 371 g/mol. The number of aryl methyl sites for hydroxylation is 1. The minimum atomic E-state index is 0.997. The lowest BCUT2D eigenvalue weighted by Crippen LogP contribution is -1.90. The maximum absolute atomic E-state index is 4.99. The zero-order chi connectivity index (χ0) is 19.6. The Bertz CT molecular complexity index is 1350. The van der Waals surface area contributed by atoms with Crippen LogP contribution in [0.3, 0.4) is 0 Å². The first kappa shape index (κ1) is 17.4. The molecule has 138 valence electrons. The van der Waals surface area contributed by atoms with Gasteiger partial charge in [0.15, 0.2) is 0 Å². The summed E-state index contributed by atoms with van der Waals surface area (Å²) in [6.45, 7) is 2.13. The number of hydrogen-bond donors (Lipinski definition) is 0. The Morgan fingerprint density at radius 3 is 2.38 bits per heavy atom. The highest BCUT2D eigenvalue weighted by atomic mass is 14.7. The van der Waals surface area contributed by atoms with Crippen LogP contribution in [-0.2, 0) is 0 Å². The minimum absolute atomic E-state index is 0.997. The fraction of sp³-hybridized carbons (Fsp3) is 0.0357. The number of rotatable bonds is 3. The number of pyridine rings is 1. The first-order chi connectivity index (χ1) is 14.3. The molecule has 0 N–H and O–H groups in total. The lowest BCUT2D eigenvalue weighted by atomic mass is 9.98. The lowest BCUT2D eigenvalue weighted by Gasteiger charge is -2.10. The van der Waals surface area contributed by atoms with E-state index in [2.05, 4.69) is 110 Å². The third-order valence-electron chi connectivity index (χ3n) is 5.30. The highest BCUT2D eigenvalue weighted by Gasteiger charge is 2.09. The van der Waals surface area contributed by atoms with Crippen LogP contribution < -0.4 is 0 Å². The molecule has 0 aliphatic heterocycles. The summed E-state index contributed by atoms with van der Waals surface area (Å²) >= 11 is 0. The SMILES string of the molecule is Cc1cccc(C=Cc2cc(-c3ccccc3)nc3ccc4ccccc4c23)c1. The van der Waals surface area contributed by atoms with Gasteiger partial charge in [-0.25, -0.2) is 4.98 Å². The van der Waals surface area contributed by atoms with Crippen LogP contribution in [0, 0.1) is 6.92 Å². The Morgan fingerprint density at radius 2 is 1.52 bits per heavy atom. The van der Waals surface area contributed by atoms with Crippen molar-refractivity contribution < 1.29 is 0 Å². The topological polar surface area (TPSA) is 12.9 Å². The Hall–Kier alpha value is -3.71. The number of nitrogens with zero attached hydrogens (tertiary/aromatic N) is 1. The van der Waals surface area contributed by atoms with E-state index < -0.39 is 0 Å². The molecule has 0 atom stereocenters. The van der Waals surface area contributed by atoms with Crippen molar-refractivity contribution in [2.75, 3.05) is 0 Å². The molecule has 1 nitrogen and oxygen atoms in total. The van der Waals surface area contributed by atoms with Crippen molar-refractivity contribution in [1.29, 1.82) is 0 Å². The van der Waals surface area contributed by atoms with Crippen molar-refractivity contribution in [3.63, 3.8) is 0 Å². The van der Waals surface area contributed by atoms with Gasteiger partial charge in [0.25, 0.3) is 0 Å². The summed E-state index contributed by atoms with van der Waals surface area (Å²) in [6, 6.07) is 34.0. The van der Waals surface area contributed by atoms with E-state index in [1.807, 2.05) is 6.07 Å². The Kier molecular flexibility index (Phi) is 4.42. The van der Waals surface area contributed by atoms with Crippen molar-refractivity contribution in [2.45, 2.75) is 6.92 Å². The second kappa shape index (κ2) is 7.37. The summed E-state index contributed by atoms with van der Waals surface area (Å²) < 4.78 is 0. The number of fused-ring (bicyclic) bond motifs is 3. The van der Waals surface area contributed by atoms with Gasteiger partial charge in [-0.3, -0.25) is 0 Å². The van der Waals surface area contributed by atoms with E-state index in [9.17, 15) is 0 Å². The van der Waals surface area contributed by atoms with E-state index in [1.54, 1.807) is 0 Å². The number of hydrogen-bond acceptors (Lipinski definition) is 1. The third kappa shape index (κ3) is 3.43. The van der Waals surface area contributed by atoms with Gasteiger partial charge >= 0.3 is 0 Å². The maximum Gasteiger partial charge on any atom is 0.0722 e. The molecule has 29 heavy (non-hydrogen) atoms. The summed E-state index contributed by atoms with van der Waals surface area (Å²) in [4.78, 5) is 4.99. The Morgan fingerprint density at radius 1 is 0.690 bits per heavy atom. The van der Waals surface area contributed by atoms with Crippen LogP contribution >= 0.6 is 0 Å². The van der Waals surface area contributed by atoms with Gasteiger partial charge in [-0.15, -0.1) is 0 Å². The molecule has 5 aromatic rings. The van der Waals surface area contributed by atoms with Gasteiger partial charge in [0.1, 0.15) is 0 Å². The quantitative estimate of drug-likeness (QED) is 0.299. The number of aromatic nitrogens is 1. The molecule has 0 fully saturated rings. The Balaban J connectivity index is 1.77. The van der Waals surface area contributed by atoms with Gasteiger partial charge in [0.05, 0.1) is 11.2 Å². The van der Waals surface area contributed by atoms with Crippen molar-refractivity contribution in [3.8, 4) is 11.3 Å². The van der Waals surface area contributed by atoms with Crippen LogP contribution in [0.25, 0.3) is 45.1 Å². The molecular formula is C28H21N. The fourth-order valence-corrected chi connectivity index (χ4v) is 3.89. The molecule has 0 saturated carbocycles. The van der Waals surface area contributed by atoms with Gasteiger partial charge in [-0.1, -0.05) is 103 Å². The molecule has 1 heterocycles. The van der Waals surface area contributed by atoms with E-state index >= 15 is 0 Å². The molecule has 0 spiro atoms. The molecule has 4 aromatic carbocycles. The van der Waals surface area contributed by atoms with Crippen molar-refractivity contribution >= 4 is 33.8 Å².